The third-order valence-electron chi connectivity index (χ3n) is 3.15. The van der Waals surface area contributed by atoms with Crippen LogP contribution in [-0.2, 0) is 4.74 Å². The predicted molar refractivity (Wildman–Crippen MR) is 65.6 cm³/mol. The zero-order chi connectivity index (χ0) is 13.3. The van der Waals surface area contributed by atoms with Gasteiger partial charge in [0.05, 0.1) is 11.4 Å². The number of hydrogen-bond donors (Lipinski definition) is 1. The van der Waals surface area contributed by atoms with Gasteiger partial charge >= 0.3 is 5.97 Å². The van der Waals surface area contributed by atoms with Crippen molar-refractivity contribution < 1.29 is 14.6 Å². The van der Waals surface area contributed by atoms with Crippen molar-refractivity contribution in [2.45, 2.75) is 39.7 Å². The lowest BCUT2D eigenvalue weighted by molar-refractivity contribution is 0.0396. The molecule has 1 fully saturated rings. The van der Waals surface area contributed by atoms with Crippen LogP contribution in [0.15, 0.2) is 0 Å². The number of carboxylic acids is 1. The van der Waals surface area contributed by atoms with Crippen LogP contribution in [-0.4, -0.2) is 27.7 Å². The van der Waals surface area contributed by atoms with Crippen molar-refractivity contribution in [2.24, 2.45) is 5.92 Å². The molecule has 18 heavy (non-hydrogen) atoms. The normalized spacial score (nSPS) is 16.6. The van der Waals surface area contributed by atoms with Gasteiger partial charge in [-0.05, 0) is 39.5 Å². The number of aryl methyl sites for hydroxylation is 2. The molecule has 0 bridgehead atoms. The van der Waals surface area contributed by atoms with Crippen LogP contribution in [0.5, 0.6) is 0 Å². The van der Waals surface area contributed by atoms with Gasteiger partial charge in [0, 0.05) is 6.61 Å². The Morgan fingerprint density at radius 2 is 1.94 bits per heavy atom. The summed E-state index contributed by atoms with van der Waals surface area (Å²) in [4.78, 5) is 19.7. The third-order valence-corrected chi connectivity index (χ3v) is 3.15. The minimum absolute atomic E-state index is 0.0877. The molecular weight excluding hydrogens is 232 g/mol. The number of carboxylic acid groups (broad SMARTS) is 1. The number of aromatic carboxylic acids is 1. The molecule has 1 aliphatic rings. The molecule has 0 aromatic carbocycles. The molecule has 0 amide bonds. The highest BCUT2D eigenvalue weighted by Crippen LogP contribution is 2.42. The number of nitrogens with zero attached hydrogens (tertiary/aromatic N) is 2. The van der Waals surface area contributed by atoms with E-state index in [-0.39, 0.29) is 11.7 Å². The summed E-state index contributed by atoms with van der Waals surface area (Å²) in [6.07, 6.45) is 2.18. The van der Waals surface area contributed by atoms with Crippen LogP contribution in [0.4, 0.5) is 0 Å². The first-order chi connectivity index (χ1) is 8.54. The molecule has 0 spiro atoms. The van der Waals surface area contributed by atoms with Crippen LogP contribution in [0.25, 0.3) is 0 Å². The smallest absolute Gasteiger partial charge is 0.339 e. The molecule has 1 atom stereocenters. The molecule has 98 valence electrons. The lowest BCUT2D eigenvalue weighted by Crippen LogP contribution is -2.16. The maximum absolute atomic E-state index is 11.1. The summed E-state index contributed by atoms with van der Waals surface area (Å²) in [7, 11) is 0. The number of carbonyl (C=O) groups is 1. The highest BCUT2D eigenvalue weighted by molar-refractivity contribution is 5.89. The first-order valence-electron chi connectivity index (χ1n) is 6.24. The Hall–Kier alpha value is -1.49. The van der Waals surface area contributed by atoms with Gasteiger partial charge in [0.1, 0.15) is 11.7 Å². The van der Waals surface area contributed by atoms with Gasteiger partial charge in [-0.3, -0.25) is 0 Å². The topological polar surface area (TPSA) is 72.3 Å². The molecule has 0 aliphatic heterocycles. The number of hydrogen-bond acceptors (Lipinski definition) is 4. The van der Waals surface area contributed by atoms with Crippen molar-refractivity contribution in [3.63, 3.8) is 0 Å². The zero-order valence-corrected chi connectivity index (χ0v) is 10.9. The van der Waals surface area contributed by atoms with E-state index >= 15 is 0 Å². The second-order valence-corrected chi connectivity index (χ2v) is 4.65. The fourth-order valence-electron chi connectivity index (χ4n) is 2.18. The van der Waals surface area contributed by atoms with Crippen molar-refractivity contribution in [3.05, 3.63) is 22.8 Å². The SMILES string of the molecule is CCOC(c1nc(C)c(C(=O)O)c(C)n1)C1CC1. The average Bonchev–Trinajstić information content (AvgIpc) is 3.07. The third kappa shape index (κ3) is 2.51. The molecule has 1 aliphatic carbocycles. The molecule has 1 aromatic heterocycles. The Bertz CT molecular complexity index is 446. The van der Waals surface area contributed by atoms with Crippen molar-refractivity contribution in [3.8, 4) is 0 Å². The summed E-state index contributed by atoms with van der Waals surface area (Å²) in [6.45, 7) is 5.97. The van der Waals surface area contributed by atoms with E-state index in [1.807, 2.05) is 6.92 Å². The van der Waals surface area contributed by atoms with Crippen molar-refractivity contribution in [1.29, 1.82) is 0 Å². The molecule has 1 unspecified atom stereocenters. The van der Waals surface area contributed by atoms with Crippen LogP contribution in [0.3, 0.4) is 0 Å². The van der Waals surface area contributed by atoms with E-state index in [0.29, 0.717) is 29.7 Å². The van der Waals surface area contributed by atoms with Crippen molar-refractivity contribution >= 4 is 5.97 Å². The highest BCUT2D eigenvalue weighted by Gasteiger charge is 2.35. The van der Waals surface area contributed by atoms with Gasteiger partial charge in [-0.2, -0.15) is 0 Å². The van der Waals surface area contributed by atoms with Gasteiger partial charge in [-0.15, -0.1) is 0 Å². The minimum Gasteiger partial charge on any atom is -0.478 e. The van der Waals surface area contributed by atoms with Gasteiger partial charge in [-0.1, -0.05) is 0 Å². The molecular formula is C13H18N2O3. The molecule has 1 heterocycles. The predicted octanol–water partition coefficient (Wildman–Crippen LogP) is 2.28. The van der Waals surface area contributed by atoms with Gasteiger partial charge in [-0.25, -0.2) is 14.8 Å². The van der Waals surface area contributed by atoms with Crippen LogP contribution in [0, 0.1) is 19.8 Å². The van der Waals surface area contributed by atoms with Crippen molar-refractivity contribution in [2.75, 3.05) is 6.61 Å². The quantitative estimate of drug-likeness (QED) is 0.868. The summed E-state index contributed by atoms with van der Waals surface area (Å²) < 4.78 is 5.69. The Morgan fingerprint density at radius 1 is 1.39 bits per heavy atom. The van der Waals surface area contributed by atoms with Gasteiger partial charge < -0.3 is 9.84 Å². The standard InChI is InChI=1S/C13H18N2O3/c1-4-18-11(9-5-6-9)12-14-7(2)10(13(16)17)8(3)15-12/h9,11H,4-6H2,1-3H3,(H,16,17). The first kappa shape index (κ1) is 13.0. The maximum Gasteiger partial charge on any atom is 0.339 e. The average molecular weight is 250 g/mol. The molecule has 0 radical (unpaired) electrons. The van der Waals surface area contributed by atoms with E-state index in [2.05, 4.69) is 9.97 Å². The zero-order valence-electron chi connectivity index (χ0n) is 10.9. The number of rotatable bonds is 5. The fraction of sp³-hybridized carbons (Fsp3) is 0.615. The van der Waals surface area contributed by atoms with Crippen LogP contribution in [0.1, 0.15) is 53.4 Å². The molecule has 1 aromatic rings. The molecule has 2 rings (SSSR count). The van der Waals surface area contributed by atoms with E-state index in [0.717, 1.165) is 12.8 Å². The fourth-order valence-corrected chi connectivity index (χ4v) is 2.18. The van der Waals surface area contributed by atoms with Gasteiger partial charge in [0.15, 0.2) is 5.82 Å². The van der Waals surface area contributed by atoms with Gasteiger partial charge in [0.25, 0.3) is 0 Å². The van der Waals surface area contributed by atoms with E-state index in [9.17, 15) is 4.79 Å². The Labute approximate surface area is 106 Å². The number of ether oxygens (including phenoxy) is 1. The molecule has 1 N–H and O–H groups in total. The lowest BCUT2D eigenvalue weighted by Gasteiger charge is -2.16. The summed E-state index contributed by atoms with van der Waals surface area (Å²) in [5.41, 5.74) is 1.22. The van der Waals surface area contributed by atoms with E-state index < -0.39 is 5.97 Å². The Balaban J connectivity index is 2.36. The summed E-state index contributed by atoms with van der Waals surface area (Å²) >= 11 is 0. The second kappa shape index (κ2) is 5.02. The summed E-state index contributed by atoms with van der Waals surface area (Å²) in [5.74, 6) is 0.134. The summed E-state index contributed by atoms with van der Waals surface area (Å²) in [6, 6.07) is 0. The largest absolute Gasteiger partial charge is 0.478 e. The molecule has 0 saturated heterocycles. The molecule has 5 heteroatoms. The van der Waals surface area contributed by atoms with Crippen LogP contribution >= 0.6 is 0 Å². The van der Waals surface area contributed by atoms with Gasteiger partial charge in [0.2, 0.25) is 0 Å². The molecule has 5 nitrogen and oxygen atoms in total. The Kier molecular flexibility index (Phi) is 3.61. The minimum atomic E-state index is -0.976. The molecule has 1 saturated carbocycles. The highest BCUT2D eigenvalue weighted by atomic mass is 16.5. The Morgan fingerprint density at radius 3 is 2.33 bits per heavy atom. The van der Waals surface area contributed by atoms with Crippen molar-refractivity contribution in [1.82, 2.24) is 9.97 Å². The lowest BCUT2D eigenvalue weighted by atomic mass is 10.1. The number of aromatic nitrogens is 2. The van der Waals surface area contributed by atoms with E-state index in [1.165, 1.54) is 0 Å². The first-order valence-corrected chi connectivity index (χ1v) is 6.24. The summed E-state index contributed by atoms with van der Waals surface area (Å²) in [5, 5.41) is 9.09. The monoisotopic (exact) mass is 250 g/mol. The maximum atomic E-state index is 11.1. The van der Waals surface area contributed by atoms with E-state index in [4.69, 9.17) is 9.84 Å². The van der Waals surface area contributed by atoms with E-state index in [1.54, 1.807) is 13.8 Å². The van der Waals surface area contributed by atoms with Crippen LogP contribution < -0.4 is 0 Å². The second-order valence-electron chi connectivity index (χ2n) is 4.65. The van der Waals surface area contributed by atoms with Crippen LogP contribution in [0.2, 0.25) is 0 Å².